The molecule has 1 aromatic rings. The normalized spacial score (nSPS) is 20.3. The molecule has 2 fully saturated rings. The number of nitrogens with one attached hydrogen (secondary N) is 1. The van der Waals surface area contributed by atoms with Crippen LogP contribution in [0.15, 0.2) is 21.1 Å². The van der Waals surface area contributed by atoms with Crippen molar-refractivity contribution in [2.75, 3.05) is 44.6 Å². The van der Waals surface area contributed by atoms with Crippen LogP contribution >= 0.6 is 31.9 Å². The second kappa shape index (κ2) is 9.67. The fourth-order valence-electron chi connectivity index (χ4n) is 4.07. The average molecular weight is 487 g/mol. The monoisotopic (exact) mass is 485 g/mol. The lowest BCUT2D eigenvalue weighted by atomic mass is 9.89. The Labute approximate surface area is 173 Å². The first kappa shape index (κ1) is 20.3. The molecule has 1 saturated carbocycles. The zero-order valence-electron chi connectivity index (χ0n) is 15.6. The molecule has 3 rings (SSSR count). The van der Waals surface area contributed by atoms with Crippen molar-refractivity contribution in [3.63, 3.8) is 0 Å². The number of anilines is 1. The molecule has 0 radical (unpaired) electrons. The van der Waals surface area contributed by atoms with Crippen LogP contribution < -0.4 is 5.32 Å². The Morgan fingerprint density at radius 3 is 2.23 bits per heavy atom. The Morgan fingerprint density at radius 2 is 1.62 bits per heavy atom. The van der Waals surface area contributed by atoms with Crippen LogP contribution in [-0.4, -0.2) is 55.0 Å². The van der Waals surface area contributed by atoms with E-state index in [2.05, 4.69) is 47.0 Å². The lowest BCUT2D eigenvalue weighted by molar-refractivity contribution is -0.117. The van der Waals surface area contributed by atoms with Crippen molar-refractivity contribution in [1.82, 2.24) is 9.80 Å². The van der Waals surface area contributed by atoms with Crippen molar-refractivity contribution in [2.45, 2.75) is 39.0 Å². The van der Waals surface area contributed by atoms with Gasteiger partial charge in [-0.05, 0) is 75.2 Å². The second-order valence-corrected chi connectivity index (χ2v) is 9.44. The van der Waals surface area contributed by atoms with E-state index >= 15 is 0 Å². The summed E-state index contributed by atoms with van der Waals surface area (Å²) in [6.45, 7) is 7.89. The zero-order valence-corrected chi connectivity index (χ0v) is 18.7. The maximum absolute atomic E-state index is 12.5. The molecule has 0 spiro atoms. The highest BCUT2D eigenvalue weighted by Gasteiger charge is 2.23. The third kappa shape index (κ3) is 5.78. The van der Waals surface area contributed by atoms with Crippen LogP contribution in [0.4, 0.5) is 5.69 Å². The van der Waals surface area contributed by atoms with E-state index in [1.54, 1.807) is 0 Å². The first-order chi connectivity index (χ1) is 12.5. The summed E-state index contributed by atoms with van der Waals surface area (Å²) < 4.78 is 1.82. The number of benzene rings is 1. The number of carbonyl (C=O) groups is 1. The van der Waals surface area contributed by atoms with Gasteiger partial charge in [0.2, 0.25) is 5.91 Å². The predicted octanol–water partition coefficient (Wildman–Crippen LogP) is 4.66. The van der Waals surface area contributed by atoms with Gasteiger partial charge in [0, 0.05) is 41.7 Å². The highest BCUT2D eigenvalue weighted by molar-refractivity contribution is 9.11. The first-order valence-corrected chi connectivity index (χ1v) is 11.3. The number of nitrogens with zero attached hydrogens (tertiary/aromatic N) is 2. The molecule has 1 heterocycles. The summed E-state index contributed by atoms with van der Waals surface area (Å²) in [5.74, 6) is 0.950. The van der Waals surface area contributed by atoms with Gasteiger partial charge in [-0.3, -0.25) is 9.69 Å². The van der Waals surface area contributed by atoms with Crippen LogP contribution in [0.5, 0.6) is 0 Å². The van der Waals surface area contributed by atoms with Gasteiger partial charge in [0.15, 0.2) is 0 Å². The van der Waals surface area contributed by atoms with Crippen LogP contribution in [0.2, 0.25) is 0 Å². The molecule has 1 amide bonds. The number of aryl methyl sites for hydroxylation is 1. The summed E-state index contributed by atoms with van der Waals surface area (Å²) in [7, 11) is 0. The molecule has 1 aliphatic heterocycles. The summed E-state index contributed by atoms with van der Waals surface area (Å²) in [5, 5.41) is 3.04. The Morgan fingerprint density at radius 1 is 1.04 bits per heavy atom. The highest BCUT2D eigenvalue weighted by atomic mass is 79.9. The molecule has 0 bridgehead atoms. The van der Waals surface area contributed by atoms with E-state index in [1.165, 1.54) is 38.6 Å². The summed E-state index contributed by atoms with van der Waals surface area (Å²) in [4.78, 5) is 17.3. The molecule has 6 heteroatoms. The Balaban J connectivity index is 1.43. The SMILES string of the molecule is Cc1cc(Br)c(NC(=O)CN2CCN(CC3CCCCC3)CC2)c(Br)c1. The van der Waals surface area contributed by atoms with E-state index in [0.717, 1.165) is 52.3 Å². The van der Waals surface area contributed by atoms with Crippen molar-refractivity contribution in [2.24, 2.45) is 5.92 Å². The smallest absolute Gasteiger partial charge is 0.238 e. The van der Waals surface area contributed by atoms with Crippen molar-refractivity contribution in [1.29, 1.82) is 0 Å². The number of hydrogen-bond acceptors (Lipinski definition) is 3. The fraction of sp³-hybridized carbons (Fsp3) is 0.650. The van der Waals surface area contributed by atoms with Crippen molar-refractivity contribution < 1.29 is 4.79 Å². The third-order valence-corrected chi connectivity index (χ3v) is 6.77. The molecule has 0 aromatic heterocycles. The lowest BCUT2D eigenvalue weighted by Gasteiger charge is -2.37. The molecule has 26 heavy (non-hydrogen) atoms. The lowest BCUT2D eigenvalue weighted by Crippen LogP contribution is -2.49. The molecule has 1 saturated heterocycles. The minimum Gasteiger partial charge on any atom is -0.323 e. The van der Waals surface area contributed by atoms with Crippen molar-refractivity contribution in [3.05, 3.63) is 26.6 Å². The maximum atomic E-state index is 12.5. The minimum absolute atomic E-state index is 0.0518. The quantitative estimate of drug-likeness (QED) is 0.657. The van der Waals surface area contributed by atoms with Crippen LogP contribution in [0.25, 0.3) is 0 Å². The summed E-state index contributed by atoms with van der Waals surface area (Å²) in [6, 6.07) is 4.04. The van der Waals surface area contributed by atoms with Gasteiger partial charge in [-0.2, -0.15) is 0 Å². The molecule has 1 N–H and O–H groups in total. The molecule has 0 unspecified atom stereocenters. The first-order valence-electron chi connectivity index (χ1n) is 9.71. The van der Waals surface area contributed by atoms with Crippen LogP contribution in [0, 0.1) is 12.8 Å². The van der Waals surface area contributed by atoms with Gasteiger partial charge in [-0.25, -0.2) is 0 Å². The highest BCUT2D eigenvalue weighted by Crippen LogP contribution is 2.32. The second-order valence-electron chi connectivity index (χ2n) is 7.73. The largest absolute Gasteiger partial charge is 0.323 e. The minimum atomic E-state index is 0.0518. The summed E-state index contributed by atoms with van der Waals surface area (Å²) in [5.41, 5.74) is 1.97. The summed E-state index contributed by atoms with van der Waals surface area (Å²) >= 11 is 7.08. The van der Waals surface area contributed by atoms with Crippen LogP contribution in [0.3, 0.4) is 0 Å². The van der Waals surface area contributed by atoms with Crippen LogP contribution in [-0.2, 0) is 4.79 Å². The number of halogens is 2. The molecule has 4 nitrogen and oxygen atoms in total. The van der Waals surface area contributed by atoms with Crippen LogP contribution in [0.1, 0.15) is 37.7 Å². The van der Waals surface area contributed by atoms with Gasteiger partial charge >= 0.3 is 0 Å². The topological polar surface area (TPSA) is 35.6 Å². The third-order valence-electron chi connectivity index (χ3n) is 5.52. The van der Waals surface area contributed by atoms with Crippen molar-refractivity contribution >= 4 is 43.5 Å². The Bertz CT molecular complexity index is 600. The number of piperazine rings is 1. The molecule has 1 aliphatic carbocycles. The van der Waals surface area contributed by atoms with Gasteiger partial charge in [0.1, 0.15) is 0 Å². The number of carbonyl (C=O) groups excluding carboxylic acids is 1. The molecular weight excluding hydrogens is 458 g/mol. The molecule has 2 aliphatic rings. The zero-order chi connectivity index (χ0) is 18.5. The Hall–Kier alpha value is -0.430. The van der Waals surface area contributed by atoms with E-state index in [9.17, 15) is 4.79 Å². The van der Waals surface area contributed by atoms with E-state index in [0.29, 0.717) is 6.54 Å². The fourth-order valence-corrected chi connectivity index (χ4v) is 5.68. The predicted molar refractivity (Wildman–Crippen MR) is 115 cm³/mol. The van der Waals surface area contributed by atoms with Gasteiger partial charge in [-0.15, -0.1) is 0 Å². The number of hydrogen-bond donors (Lipinski definition) is 1. The Kier molecular flexibility index (Phi) is 7.55. The molecule has 0 atom stereocenters. The van der Waals surface area contributed by atoms with E-state index in [4.69, 9.17) is 0 Å². The van der Waals surface area contributed by atoms with E-state index in [-0.39, 0.29) is 5.91 Å². The summed E-state index contributed by atoms with van der Waals surface area (Å²) in [6.07, 6.45) is 7.06. The molecule has 144 valence electrons. The average Bonchev–Trinajstić information content (AvgIpc) is 2.61. The maximum Gasteiger partial charge on any atom is 0.238 e. The van der Waals surface area contributed by atoms with Gasteiger partial charge in [0.25, 0.3) is 0 Å². The molecule has 1 aromatic carbocycles. The van der Waals surface area contributed by atoms with E-state index in [1.807, 2.05) is 19.1 Å². The standard InChI is InChI=1S/C20H29Br2N3O/c1-15-11-17(21)20(18(22)12-15)23-19(26)14-25-9-7-24(8-10-25)13-16-5-3-2-4-6-16/h11-12,16H,2-10,13-14H2,1H3,(H,23,26). The molecular formula is C20H29Br2N3O. The van der Waals surface area contributed by atoms with Gasteiger partial charge < -0.3 is 10.2 Å². The number of amides is 1. The van der Waals surface area contributed by atoms with Gasteiger partial charge in [0.05, 0.1) is 12.2 Å². The number of rotatable bonds is 5. The van der Waals surface area contributed by atoms with Gasteiger partial charge in [-0.1, -0.05) is 19.3 Å². The van der Waals surface area contributed by atoms with Crippen molar-refractivity contribution in [3.8, 4) is 0 Å². The van der Waals surface area contributed by atoms with E-state index < -0.39 is 0 Å².